The minimum atomic E-state index is -1.82. The van der Waals surface area contributed by atoms with Gasteiger partial charge in [-0.3, -0.25) is 0 Å². The molecular formula is C17H35NOSi. The van der Waals surface area contributed by atoms with Gasteiger partial charge in [0.2, 0.25) is 0 Å². The Morgan fingerprint density at radius 2 is 1.65 bits per heavy atom. The van der Waals surface area contributed by atoms with E-state index in [4.69, 9.17) is 10.2 Å². The molecule has 1 aliphatic rings. The Balaban J connectivity index is 3.07. The quantitative estimate of drug-likeness (QED) is 0.683. The molecule has 0 aromatic rings. The fourth-order valence-electron chi connectivity index (χ4n) is 4.01. The first-order chi connectivity index (χ1) is 9.36. The average Bonchev–Trinajstić information content (AvgIpc) is 2.58. The van der Waals surface area contributed by atoms with Crippen molar-refractivity contribution < 1.29 is 4.43 Å². The van der Waals surface area contributed by atoms with Crippen LogP contribution < -0.4 is 5.73 Å². The van der Waals surface area contributed by atoms with Crippen molar-refractivity contribution in [1.29, 1.82) is 0 Å². The van der Waals surface area contributed by atoms with E-state index in [1.807, 2.05) is 0 Å². The van der Waals surface area contributed by atoms with E-state index in [9.17, 15) is 0 Å². The molecule has 0 aromatic carbocycles. The first-order valence-corrected chi connectivity index (χ1v) is 10.6. The Labute approximate surface area is 127 Å². The molecule has 118 valence electrons. The third-order valence-corrected chi connectivity index (χ3v) is 11.0. The summed E-state index contributed by atoms with van der Waals surface area (Å²) < 4.78 is 6.87. The molecule has 1 rings (SSSR count). The summed E-state index contributed by atoms with van der Waals surface area (Å²) in [6, 6.07) is 0. The molecule has 0 saturated carbocycles. The van der Waals surface area contributed by atoms with Gasteiger partial charge < -0.3 is 10.2 Å². The van der Waals surface area contributed by atoms with Crippen LogP contribution in [-0.2, 0) is 4.43 Å². The normalized spacial score (nSPS) is 21.3. The lowest BCUT2D eigenvalue weighted by molar-refractivity contribution is 0.305. The third-order valence-electron chi connectivity index (χ3n) is 5.04. The van der Waals surface area contributed by atoms with Crippen LogP contribution in [-0.4, -0.2) is 14.9 Å². The second-order valence-electron chi connectivity index (χ2n) is 7.24. The highest BCUT2D eigenvalue weighted by molar-refractivity contribution is 6.77. The molecule has 0 aliphatic heterocycles. The van der Waals surface area contributed by atoms with Crippen molar-refractivity contribution in [1.82, 2.24) is 0 Å². The predicted octanol–water partition coefficient (Wildman–Crippen LogP) is 5.21. The molecular weight excluding hydrogens is 262 g/mol. The van der Waals surface area contributed by atoms with E-state index in [0.717, 1.165) is 13.0 Å². The van der Waals surface area contributed by atoms with Crippen LogP contribution in [0.15, 0.2) is 11.8 Å². The Hall–Kier alpha value is -0.283. The van der Waals surface area contributed by atoms with Crippen molar-refractivity contribution in [2.45, 2.75) is 83.8 Å². The van der Waals surface area contributed by atoms with Gasteiger partial charge in [0.15, 0.2) is 0 Å². The number of hydrogen-bond donors (Lipinski definition) is 1. The van der Waals surface area contributed by atoms with Crippen LogP contribution in [0.25, 0.3) is 0 Å². The molecule has 0 amide bonds. The largest absolute Gasteiger partial charge is 0.546 e. The predicted molar refractivity (Wildman–Crippen MR) is 91.2 cm³/mol. The van der Waals surface area contributed by atoms with Gasteiger partial charge in [-0.15, -0.1) is 0 Å². The molecule has 1 aliphatic carbocycles. The first-order valence-electron chi connectivity index (χ1n) is 8.45. The monoisotopic (exact) mass is 297 g/mol. The van der Waals surface area contributed by atoms with Gasteiger partial charge in [-0.1, -0.05) is 48.0 Å². The molecule has 20 heavy (non-hydrogen) atoms. The van der Waals surface area contributed by atoms with Crippen LogP contribution in [0.2, 0.25) is 16.6 Å². The van der Waals surface area contributed by atoms with Gasteiger partial charge in [0.05, 0.1) is 5.76 Å². The van der Waals surface area contributed by atoms with Crippen LogP contribution in [0, 0.1) is 5.92 Å². The molecule has 0 bridgehead atoms. The molecule has 0 heterocycles. The summed E-state index contributed by atoms with van der Waals surface area (Å²) >= 11 is 0. The van der Waals surface area contributed by atoms with Crippen LogP contribution in [0.4, 0.5) is 0 Å². The maximum absolute atomic E-state index is 6.87. The Morgan fingerprint density at radius 1 is 1.10 bits per heavy atom. The summed E-state index contributed by atoms with van der Waals surface area (Å²) in [6.45, 7) is 14.8. The van der Waals surface area contributed by atoms with E-state index in [-0.39, 0.29) is 0 Å². The van der Waals surface area contributed by atoms with E-state index in [0.29, 0.717) is 22.5 Å². The highest BCUT2D eigenvalue weighted by atomic mass is 28.4. The third kappa shape index (κ3) is 3.67. The smallest absolute Gasteiger partial charge is 0.258 e. The van der Waals surface area contributed by atoms with E-state index in [1.54, 1.807) is 0 Å². The SMILES string of the molecule is CC(C)[Si](OC1=CCCCCC1CN)(C(C)C)C(C)C. The average molecular weight is 298 g/mol. The standard InChI is InChI=1S/C17H35NOSi/c1-13(2)20(14(3)4,15(5)6)19-17-11-9-7-8-10-16(17)12-18/h11,13-16H,7-10,12,18H2,1-6H3. The van der Waals surface area contributed by atoms with Gasteiger partial charge in [-0.05, 0) is 42.0 Å². The van der Waals surface area contributed by atoms with Gasteiger partial charge >= 0.3 is 0 Å². The van der Waals surface area contributed by atoms with Gasteiger partial charge in [-0.2, -0.15) is 0 Å². The highest BCUT2D eigenvalue weighted by Gasteiger charge is 2.47. The second-order valence-corrected chi connectivity index (χ2v) is 12.6. The first kappa shape index (κ1) is 17.8. The van der Waals surface area contributed by atoms with Crippen molar-refractivity contribution in [3.63, 3.8) is 0 Å². The fraction of sp³-hybridized carbons (Fsp3) is 0.882. The maximum atomic E-state index is 6.87. The van der Waals surface area contributed by atoms with E-state index in [2.05, 4.69) is 47.6 Å². The van der Waals surface area contributed by atoms with E-state index >= 15 is 0 Å². The van der Waals surface area contributed by atoms with Gasteiger partial charge in [0, 0.05) is 12.5 Å². The Morgan fingerprint density at radius 3 is 2.10 bits per heavy atom. The van der Waals surface area contributed by atoms with Crippen molar-refractivity contribution in [2.24, 2.45) is 11.7 Å². The van der Waals surface area contributed by atoms with E-state index in [1.165, 1.54) is 25.0 Å². The number of rotatable bonds is 6. The molecule has 0 spiro atoms. The lowest BCUT2D eigenvalue weighted by Crippen LogP contribution is -2.48. The Bertz CT molecular complexity index is 301. The van der Waals surface area contributed by atoms with Crippen LogP contribution >= 0.6 is 0 Å². The fourth-order valence-corrected chi connectivity index (χ4v) is 9.37. The van der Waals surface area contributed by atoms with Crippen molar-refractivity contribution in [3.05, 3.63) is 11.8 Å². The van der Waals surface area contributed by atoms with Crippen LogP contribution in [0.1, 0.15) is 67.2 Å². The molecule has 0 radical (unpaired) electrons. The molecule has 0 aromatic heterocycles. The van der Waals surface area contributed by atoms with Crippen molar-refractivity contribution in [3.8, 4) is 0 Å². The summed E-state index contributed by atoms with van der Waals surface area (Å²) in [6.07, 6.45) is 7.26. The zero-order valence-corrected chi connectivity index (χ0v) is 15.4. The zero-order chi connectivity index (χ0) is 15.3. The Kier molecular flexibility index (Phi) is 6.79. The number of allylic oxidation sites excluding steroid dienone is 1. The minimum absolute atomic E-state index is 0.445. The number of nitrogens with two attached hydrogens (primary N) is 1. The van der Waals surface area contributed by atoms with E-state index < -0.39 is 8.32 Å². The maximum Gasteiger partial charge on any atom is 0.258 e. The summed E-state index contributed by atoms with van der Waals surface area (Å²) in [5.41, 5.74) is 7.89. The van der Waals surface area contributed by atoms with Crippen molar-refractivity contribution >= 4 is 8.32 Å². The van der Waals surface area contributed by atoms with Gasteiger partial charge in [-0.25, -0.2) is 0 Å². The van der Waals surface area contributed by atoms with Crippen molar-refractivity contribution in [2.75, 3.05) is 6.54 Å². The summed E-state index contributed by atoms with van der Waals surface area (Å²) in [5, 5.41) is 0. The summed E-state index contributed by atoms with van der Waals surface area (Å²) in [5.74, 6) is 1.67. The molecule has 1 unspecified atom stereocenters. The molecule has 2 N–H and O–H groups in total. The minimum Gasteiger partial charge on any atom is -0.546 e. The molecule has 1 atom stereocenters. The van der Waals surface area contributed by atoms with Crippen LogP contribution in [0.3, 0.4) is 0 Å². The second kappa shape index (κ2) is 7.65. The molecule has 0 fully saturated rings. The zero-order valence-electron chi connectivity index (χ0n) is 14.4. The summed E-state index contributed by atoms with van der Waals surface area (Å²) in [4.78, 5) is 0. The molecule has 2 nitrogen and oxygen atoms in total. The van der Waals surface area contributed by atoms with Gasteiger partial charge in [0.1, 0.15) is 0 Å². The number of hydrogen-bond acceptors (Lipinski definition) is 2. The lowest BCUT2D eigenvalue weighted by Gasteiger charge is -2.44. The summed E-state index contributed by atoms with van der Waals surface area (Å²) in [7, 11) is -1.82. The lowest BCUT2D eigenvalue weighted by atomic mass is 10.0. The molecule has 3 heteroatoms. The highest BCUT2D eigenvalue weighted by Crippen LogP contribution is 2.45. The van der Waals surface area contributed by atoms with Crippen LogP contribution in [0.5, 0.6) is 0 Å². The van der Waals surface area contributed by atoms with Gasteiger partial charge in [0.25, 0.3) is 8.32 Å². The topological polar surface area (TPSA) is 35.2 Å². The molecule has 0 saturated heterocycles.